The largest absolute Gasteiger partial charge is 0.320 e. The molecule has 0 aliphatic rings. The molecule has 6 heteroatoms. The maximum absolute atomic E-state index is 11.9. The van der Waals surface area contributed by atoms with Crippen LogP contribution in [0.25, 0.3) is 0 Å². The Labute approximate surface area is 129 Å². The SMILES string of the molecule is O=C(Nc1ccc(Br)cc1Br)c1ccc(Br)cn1. The van der Waals surface area contributed by atoms with Gasteiger partial charge in [0.2, 0.25) is 0 Å². The highest BCUT2D eigenvalue weighted by Gasteiger charge is 2.09. The van der Waals surface area contributed by atoms with Gasteiger partial charge in [0.25, 0.3) is 5.91 Å². The quantitative estimate of drug-likeness (QED) is 0.749. The molecule has 2 aromatic rings. The van der Waals surface area contributed by atoms with Gasteiger partial charge >= 0.3 is 0 Å². The van der Waals surface area contributed by atoms with Crippen molar-refractivity contribution in [2.75, 3.05) is 5.32 Å². The average Bonchev–Trinajstić information content (AvgIpc) is 2.33. The molecule has 0 unspecified atom stereocenters. The highest BCUT2D eigenvalue weighted by Crippen LogP contribution is 2.26. The van der Waals surface area contributed by atoms with Crippen molar-refractivity contribution < 1.29 is 4.79 Å². The fourth-order valence-corrected chi connectivity index (χ4v) is 2.67. The van der Waals surface area contributed by atoms with Gasteiger partial charge in [-0.25, -0.2) is 4.98 Å². The van der Waals surface area contributed by atoms with Crippen LogP contribution < -0.4 is 5.32 Å². The lowest BCUT2D eigenvalue weighted by Crippen LogP contribution is -2.13. The van der Waals surface area contributed by atoms with E-state index in [1.54, 1.807) is 18.3 Å². The molecular formula is C12H7Br3N2O. The van der Waals surface area contributed by atoms with E-state index in [2.05, 4.69) is 58.1 Å². The van der Waals surface area contributed by atoms with Crippen LogP contribution in [0.1, 0.15) is 10.5 Å². The second-order valence-electron chi connectivity index (χ2n) is 3.44. The molecule has 0 atom stereocenters. The fourth-order valence-electron chi connectivity index (χ4n) is 1.29. The minimum atomic E-state index is -0.245. The lowest BCUT2D eigenvalue weighted by molar-refractivity contribution is 0.102. The van der Waals surface area contributed by atoms with Gasteiger partial charge in [0.15, 0.2) is 0 Å². The minimum absolute atomic E-state index is 0.245. The zero-order valence-corrected chi connectivity index (χ0v) is 13.7. The third-order valence-corrected chi connectivity index (χ3v) is 3.76. The first kappa shape index (κ1) is 13.7. The lowest BCUT2D eigenvalue weighted by atomic mass is 10.3. The van der Waals surface area contributed by atoms with Crippen molar-refractivity contribution >= 4 is 59.4 Å². The van der Waals surface area contributed by atoms with Crippen LogP contribution in [0, 0.1) is 0 Å². The summed E-state index contributed by atoms with van der Waals surface area (Å²) in [6.45, 7) is 0. The maximum Gasteiger partial charge on any atom is 0.274 e. The van der Waals surface area contributed by atoms with Gasteiger partial charge in [0, 0.05) is 19.6 Å². The van der Waals surface area contributed by atoms with E-state index >= 15 is 0 Å². The number of nitrogens with one attached hydrogen (secondary N) is 1. The van der Waals surface area contributed by atoms with E-state index in [1.165, 1.54) is 0 Å². The Morgan fingerprint density at radius 3 is 2.39 bits per heavy atom. The Kier molecular flexibility index (Phi) is 4.53. The van der Waals surface area contributed by atoms with Crippen LogP contribution >= 0.6 is 47.8 Å². The first-order chi connectivity index (χ1) is 8.56. The highest BCUT2D eigenvalue weighted by molar-refractivity contribution is 9.11. The molecule has 92 valence electrons. The Balaban J connectivity index is 2.18. The zero-order chi connectivity index (χ0) is 13.1. The second kappa shape index (κ2) is 5.95. The number of aromatic nitrogens is 1. The van der Waals surface area contributed by atoms with Gasteiger partial charge in [-0.3, -0.25) is 4.79 Å². The molecule has 0 aliphatic heterocycles. The smallest absolute Gasteiger partial charge is 0.274 e. The summed E-state index contributed by atoms with van der Waals surface area (Å²) < 4.78 is 2.58. The third kappa shape index (κ3) is 3.40. The summed E-state index contributed by atoms with van der Waals surface area (Å²) in [6, 6.07) is 8.97. The van der Waals surface area contributed by atoms with E-state index in [4.69, 9.17) is 0 Å². The van der Waals surface area contributed by atoms with Crippen molar-refractivity contribution in [1.82, 2.24) is 4.98 Å². The Morgan fingerprint density at radius 1 is 1.06 bits per heavy atom. The number of anilines is 1. The first-order valence-electron chi connectivity index (χ1n) is 4.94. The molecule has 1 aromatic carbocycles. The van der Waals surface area contributed by atoms with Crippen molar-refractivity contribution in [3.05, 3.63) is 55.6 Å². The molecule has 0 saturated heterocycles. The van der Waals surface area contributed by atoms with Crippen LogP contribution in [0.2, 0.25) is 0 Å². The molecule has 0 saturated carbocycles. The van der Waals surface area contributed by atoms with Gasteiger partial charge in [-0.05, 0) is 62.2 Å². The monoisotopic (exact) mass is 432 g/mol. The van der Waals surface area contributed by atoms with E-state index in [0.29, 0.717) is 11.4 Å². The molecule has 1 amide bonds. The van der Waals surface area contributed by atoms with E-state index in [1.807, 2.05) is 18.2 Å². The van der Waals surface area contributed by atoms with Crippen LogP contribution in [0.3, 0.4) is 0 Å². The molecular weight excluding hydrogens is 428 g/mol. The molecule has 2 rings (SSSR count). The van der Waals surface area contributed by atoms with Crippen molar-refractivity contribution in [3.8, 4) is 0 Å². The Morgan fingerprint density at radius 2 is 1.78 bits per heavy atom. The van der Waals surface area contributed by atoms with Gasteiger partial charge in [-0.15, -0.1) is 0 Å². The minimum Gasteiger partial charge on any atom is -0.320 e. The number of nitrogens with zero attached hydrogens (tertiary/aromatic N) is 1. The third-order valence-electron chi connectivity index (χ3n) is 2.14. The van der Waals surface area contributed by atoms with E-state index in [0.717, 1.165) is 13.4 Å². The number of carbonyl (C=O) groups excluding carboxylic acids is 1. The van der Waals surface area contributed by atoms with Crippen LogP contribution in [-0.4, -0.2) is 10.9 Å². The number of pyridine rings is 1. The number of carbonyl (C=O) groups is 1. The number of hydrogen-bond donors (Lipinski definition) is 1. The summed E-state index contributed by atoms with van der Waals surface area (Å²) in [4.78, 5) is 16.0. The van der Waals surface area contributed by atoms with Gasteiger partial charge in [-0.1, -0.05) is 15.9 Å². The standard InChI is InChI=1S/C12H7Br3N2O/c13-7-1-3-10(9(15)5-7)17-12(18)11-4-2-8(14)6-16-11/h1-6H,(H,17,18). The van der Waals surface area contributed by atoms with E-state index in [-0.39, 0.29) is 5.91 Å². The van der Waals surface area contributed by atoms with Crippen molar-refractivity contribution in [2.24, 2.45) is 0 Å². The molecule has 3 nitrogen and oxygen atoms in total. The number of rotatable bonds is 2. The van der Waals surface area contributed by atoms with Crippen LogP contribution in [-0.2, 0) is 0 Å². The normalized spacial score (nSPS) is 10.2. The van der Waals surface area contributed by atoms with Crippen molar-refractivity contribution in [3.63, 3.8) is 0 Å². The fraction of sp³-hybridized carbons (Fsp3) is 0. The predicted molar refractivity (Wildman–Crippen MR) is 81.7 cm³/mol. The predicted octanol–water partition coefficient (Wildman–Crippen LogP) is 4.62. The molecule has 18 heavy (non-hydrogen) atoms. The summed E-state index contributed by atoms with van der Waals surface area (Å²) in [5.74, 6) is -0.245. The zero-order valence-electron chi connectivity index (χ0n) is 8.95. The average molecular weight is 435 g/mol. The van der Waals surface area contributed by atoms with Crippen LogP contribution in [0.15, 0.2) is 49.9 Å². The molecule has 1 heterocycles. The van der Waals surface area contributed by atoms with Crippen molar-refractivity contribution in [1.29, 1.82) is 0 Å². The molecule has 0 aliphatic carbocycles. The topological polar surface area (TPSA) is 42.0 Å². The molecule has 0 spiro atoms. The summed E-state index contributed by atoms with van der Waals surface area (Å²) in [5, 5.41) is 2.79. The summed E-state index contributed by atoms with van der Waals surface area (Å²) in [7, 11) is 0. The number of benzene rings is 1. The van der Waals surface area contributed by atoms with Gasteiger partial charge < -0.3 is 5.32 Å². The Bertz CT molecular complexity index is 584. The maximum atomic E-state index is 11.9. The Hall–Kier alpha value is -0.720. The van der Waals surface area contributed by atoms with Crippen LogP contribution in [0.5, 0.6) is 0 Å². The lowest BCUT2D eigenvalue weighted by Gasteiger charge is -2.07. The van der Waals surface area contributed by atoms with Gasteiger partial charge in [-0.2, -0.15) is 0 Å². The van der Waals surface area contributed by atoms with Crippen LogP contribution in [0.4, 0.5) is 5.69 Å². The van der Waals surface area contributed by atoms with Crippen molar-refractivity contribution in [2.45, 2.75) is 0 Å². The summed E-state index contributed by atoms with van der Waals surface area (Å²) >= 11 is 10.0. The number of halogens is 3. The molecule has 1 N–H and O–H groups in total. The second-order valence-corrected chi connectivity index (χ2v) is 6.13. The van der Waals surface area contributed by atoms with E-state index in [9.17, 15) is 4.79 Å². The highest BCUT2D eigenvalue weighted by atomic mass is 79.9. The van der Waals surface area contributed by atoms with E-state index < -0.39 is 0 Å². The molecule has 0 bridgehead atoms. The number of amides is 1. The molecule has 0 fully saturated rings. The first-order valence-corrected chi connectivity index (χ1v) is 7.32. The molecule has 0 radical (unpaired) electrons. The summed E-state index contributed by atoms with van der Waals surface area (Å²) in [6.07, 6.45) is 1.59. The number of hydrogen-bond acceptors (Lipinski definition) is 2. The molecule has 1 aromatic heterocycles. The summed E-state index contributed by atoms with van der Waals surface area (Å²) in [5.41, 5.74) is 1.07. The van der Waals surface area contributed by atoms with Gasteiger partial charge in [0.1, 0.15) is 5.69 Å². The van der Waals surface area contributed by atoms with Gasteiger partial charge in [0.05, 0.1) is 5.69 Å².